The molecule has 0 aromatic heterocycles. The number of hydrogen-bond donors (Lipinski definition) is 2. The van der Waals surface area contributed by atoms with Gasteiger partial charge < -0.3 is 15.7 Å². The van der Waals surface area contributed by atoms with Crippen LogP contribution in [0.1, 0.15) is 18.9 Å². The van der Waals surface area contributed by atoms with Crippen molar-refractivity contribution in [3.8, 4) is 0 Å². The highest BCUT2D eigenvalue weighted by Crippen LogP contribution is 2.29. The summed E-state index contributed by atoms with van der Waals surface area (Å²) in [6, 6.07) is 6.18. The lowest BCUT2D eigenvalue weighted by Crippen LogP contribution is -2.29. The zero-order chi connectivity index (χ0) is 11.8. The fourth-order valence-electron chi connectivity index (χ4n) is 2.10. The SMILES string of the molecule is CC1(O)CCN(c2cc(Br)cc(CN)c2)C1. The first-order valence-corrected chi connectivity index (χ1v) is 6.26. The van der Waals surface area contributed by atoms with Gasteiger partial charge in [0.1, 0.15) is 0 Å². The normalized spacial score (nSPS) is 25.1. The fraction of sp³-hybridized carbons (Fsp3) is 0.500. The van der Waals surface area contributed by atoms with Gasteiger partial charge in [-0.3, -0.25) is 0 Å². The van der Waals surface area contributed by atoms with Crippen LogP contribution in [0.25, 0.3) is 0 Å². The molecule has 2 rings (SSSR count). The van der Waals surface area contributed by atoms with Gasteiger partial charge in [-0.1, -0.05) is 15.9 Å². The van der Waals surface area contributed by atoms with E-state index in [1.165, 1.54) is 0 Å². The molecule has 0 spiro atoms. The Balaban J connectivity index is 2.24. The number of hydrogen-bond acceptors (Lipinski definition) is 3. The monoisotopic (exact) mass is 284 g/mol. The highest BCUT2D eigenvalue weighted by molar-refractivity contribution is 9.10. The van der Waals surface area contributed by atoms with Gasteiger partial charge in [0.25, 0.3) is 0 Å². The summed E-state index contributed by atoms with van der Waals surface area (Å²) in [5, 5.41) is 9.94. The molecule has 0 bridgehead atoms. The molecule has 1 unspecified atom stereocenters. The first-order chi connectivity index (χ1) is 7.50. The number of rotatable bonds is 2. The van der Waals surface area contributed by atoms with Crippen molar-refractivity contribution < 1.29 is 5.11 Å². The molecule has 0 saturated carbocycles. The number of benzene rings is 1. The molecule has 4 heteroatoms. The van der Waals surface area contributed by atoms with Crippen LogP contribution in [0.5, 0.6) is 0 Å². The summed E-state index contributed by atoms with van der Waals surface area (Å²) in [5.41, 5.74) is 7.33. The van der Waals surface area contributed by atoms with E-state index in [9.17, 15) is 5.11 Å². The van der Waals surface area contributed by atoms with Crippen LogP contribution in [-0.2, 0) is 6.54 Å². The van der Waals surface area contributed by atoms with Gasteiger partial charge in [-0.2, -0.15) is 0 Å². The van der Waals surface area contributed by atoms with Gasteiger partial charge in [-0.25, -0.2) is 0 Å². The molecule has 1 heterocycles. The molecule has 88 valence electrons. The number of halogens is 1. The molecular weight excluding hydrogens is 268 g/mol. The fourth-order valence-corrected chi connectivity index (χ4v) is 2.63. The highest BCUT2D eigenvalue weighted by Gasteiger charge is 2.31. The minimum Gasteiger partial charge on any atom is -0.388 e. The van der Waals surface area contributed by atoms with Gasteiger partial charge in [0, 0.05) is 29.8 Å². The highest BCUT2D eigenvalue weighted by atomic mass is 79.9. The van der Waals surface area contributed by atoms with Crippen LogP contribution in [0, 0.1) is 0 Å². The van der Waals surface area contributed by atoms with Crippen molar-refractivity contribution in [3.05, 3.63) is 28.2 Å². The van der Waals surface area contributed by atoms with Crippen molar-refractivity contribution >= 4 is 21.6 Å². The molecule has 1 aromatic carbocycles. The molecule has 16 heavy (non-hydrogen) atoms. The standard InChI is InChI=1S/C12H17BrN2O/c1-12(16)2-3-15(8-12)11-5-9(7-14)4-10(13)6-11/h4-6,16H,2-3,7-8,14H2,1H3. The molecule has 1 aliphatic heterocycles. The smallest absolute Gasteiger partial charge is 0.0810 e. The van der Waals surface area contributed by atoms with E-state index in [0.717, 1.165) is 28.7 Å². The topological polar surface area (TPSA) is 49.5 Å². The lowest BCUT2D eigenvalue weighted by molar-refractivity contribution is 0.0839. The van der Waals surface area contributed by atoms with E-state index in [4.69, 9.17) is 5.73 Å². The second-order valence-electron chi connectivity index (χ2n) is 4.69. The Bertz CT molecular complexity index is 393. The Morgan fingerprint density at radius 1 is 1.50 bits per heavy atom. The van der Waals surface area contributed by atoms with Crippen LogP contribution in [0.15, 0.2) is 22.7 Å². The van der Waals surface area contributed by atoms with E-state index < -0.39 is 5.60 Å². The van der Waals surface area contributed by atoms with Crippen LogP contribution in [0.3, 0.4) is 0 Å². The number of β-amino-alcohol motifs (C(OH)–C–C–N with tert-alkyl or cyclic N) is 1. The molecule has 3 N–H and O–H groups in total. The van der Waals surface area contributed by atoms with E-state index >= 15 is 0 Å². The minimum absolute atomic E-state index is 0.538. The van der Waals surface area contributed by atoms with Gasteiger partial charge in [0.15, 0.2) is 0 Å². The maximum Gasteiger partial charge on any atom is 0.0810 e. The second-order valence-corrected chi connectivity index (χ2v) is 5.61. The minimum atomic E-state index is -0.564. The summed E-state index contributed by atoms with van der Waals surface area (Å²) >= 11 is 3.48. The Morgan fingerprint density at radius 2 is 2.25 bits per heavy atom. The van der Waals surface area contributed by atoms with Gasteiger partial charge in [-0.05, 0) is 37.1 Å². The third-order valence-electron chi connectivity index (χ3n) is 2.99. The lowest BCUT2D eigenvalue weighted by Gasteiger charge is -2.21. The third kappa shape index (κ3) is 2.56. The summed E-state index contributed by atoms with van der Waals surface area (Å²) in [6.45, 7) is 4.01. The van der Waals surface area contributed by atoms with Crippen LogP contribution < -0.4 is 10.6 Å². The zero-order valence-electron chi connectivity index (χ0n) is 9.41. The maximum atomic E-state index is 9.94. The Labute approximate surface area is 104 Å². The van der Waals surface area contributed by atoms with Crippen molar-refractivity contribution in [1.29, 1.82) is 0 Å². The van der Waals surface area contributed by atoms with Crippen molar-refractivity contribution in [2.45, 2.75) is 25.5 Å². The molecule has 0 amide bonds. The van der Waals surface area contributed by atoms with Gasteiger partial charge in [-0.15, -0.1) is 0 Å². The molecule has 1 fully saturated rings. The van der Waals surface area contributed by atoms with Crippen molar-refractivity contribution in [2.24, 2.45) is 5.73 Å². The van der Waals surface area contributed by atoms with Gasteiger partial charge in [0.05, 0.1) is 5.60 Å². The van der Waals surface area contributed by atoms with Crippen LogP contribution in [0.4, 0.5) is 5.69 Å². The van der Waals surface area contributed by atoms with Crippen LogP contribution in [-0.4, -0.2) is 23.8 Å². The number of aliphatic hydroxyl groups is 1. The molecule has 0 radical (unpaired) electrons. The Morgan fingerprint density at radius 3 is 2.81 bits per heavy atom. The molecule has 0 aliphatic carbocycles. The summed E-state index contributed by atoms with van der Waals surface area (Å²) in [5.74, 6) is 0. The number of anilines is 1. The number of nitrogens with zero attached hydrogens (tertiary/aromatic N) is 1. The zero-order valence-corrected chi connectivity index (χ0v) is 11.0. The van der Waals surface area contributed by atoms with E-state index in [2.05, 4.69) is 33.0 Å². The molecule has 1 aliphatic rings. The average Bonchev–Trinajstić information content (AvgIpc) is 2.58. The molecule has 1 saturated heterocycles. The summed E-state index contributed by atoms with van der Waals surface area (Å²) in [6.07, 6.45) is 0.817. The van der Waals surface area contributed by atoms with Crippen LogP contribution >= 0.6 is 15.9 Å². The van der Waals surface area contributed by atoms with Gasteiger partial charge >= 0.3 is 0 Å². The summed E-state index contributed by atoms with van der Waals surface area (Å²) in [4.78, 5) is 2.20. The molecule has 1 aromatic rings. The summed E-state index contributed by atoms with van der Waals surface area (Å²) < 4.78 is 1.04. The maximum absolute atomic E-state index is 9.94. The first kappa shape index (κ1) is 11.9. The van der Waals surface area contributed by atoms with E-state index in [1.807, 2.05) is 13.0 Å². The third-order valence-corrected chi connectivity index (χ3v) is 3.45. The van der Waals surface area contributed by atoms with Crippen LogP contribution in [0.2, 0.25) is 0 Å². The van der Waals surface area contributed by atoms with Crippen molar-refractivity contribution in [1.82, 2.24) is 0 Å². The number of nitrogens with two attached hydrogens (primary N) is 1. The first-order valence-electron chi connectivity index (χ1n) is 5.47. The predicted octanol–water partition coefficient (Wildman–Crippen LogP) is 1.87. The van der Waals surface area contributed by atoms with Crippen molar-refractivity contribution in [2.75, 3.05) is 18.0 Å². The largest absolute Gasteiger partial charge is 0.388 e. The van der Waals surface area contributed by atoms with E-state index in [0.29, 0.717) is 13.1 Å². The molecule has 3 nitrogen and oxygen atoms in total. The molecular formula is C12H17BrN2O. The Hall–Kier alpha value is -0.580. The van der Waals surface area contributed by atoms with E-state index in [-0.39, 0.29) is 0 Å². The average molecular weight is 285 g/mol. The second kappa shape index (κ2) is 4.35. The van der Waals surface area contributed by atoms with E-state index in [1.54, 1.807) is 0 Å². The quantitative estimate of drug-likeness (QED) is 0.872. The molecule has 1 atom stereocenters. The van der Waals surface area contributed by atoms with Gasteiger partial charge in [0.2, 0.25) is 0 Å². The Kier molecular flexibility index (Phi) is 3.24. The van der Waals surface area contributed by atoms with Crippen molar-refractivity contribution in [3.63, 3.8) is 0 Å². The predicted molar refractivity (Wildman–Crippen MR) is 69.5 cm³/mol. The lowest BCUT2D eigenvalue weighted by atomic mass is 10.1. The summed E-state index contributed by atoms with van der Waals surface area (Å²) in [7, 11) is 0.